The second-order valence-electron chi connectivity index (χ2n) is 3.87. The van der Waals surface area contributed by atoms with Crippen LogP contribution in [0.3, 0.4) is 0 Å². The van der Waals surface area contributed by atoms with Crippen molar-refractivity contribution in [2.24, 2.45) is 0 Å². The van der Waals surface area contributed by atoms with Gasteiger partial charge >= 0.3 is 0 Å². The zero-order valence-electron chi connectivity index (χ0n) is 9.22. The van der Waals surface area contributed by atoms with Crippen molar-refractivity contribution >= 4 is 11.6 Å². The smallest absolute Gasteiger partial charge is 0.197 e. The SMILES string of the molecule is Fc1ccc(F)c(C2(CCCCl)OCCO2)c1. The minimum atomic E-state index is -1.18. The number of hydrogen-bond donors (Lipinski definition) is 0. The molecular weight excluding hydrogens is 250 g/mol. The maximum absolute atomic E-state index is 13.7. The first-order valence-corrected chi connectivity index (χ1v) is 6.01. The molecule has 0 aliphatic carbocycles. The van der Waals surface area contributed by atoms with E-state index in [4.69, 9.17) is 21.1 Å². The quantitative estimate of drug-likeness (QED) is 0.776. The molecule has 1 aliphatic heterocycles. The van der Waals surface area contributed by atoms with Gasteiger partial charge in [0, 0.05) is 17.9 Å². The van der Waals surface area contributed by atoms with Gasteiger partial charge in [0.2, 0.25) is 0 Å². The summed E-state index contributed by atoms with van der Waals surface area (Å²) < 4.78 is 37.9. The van der Waals surface area contributed by atoms with E-state index in [2.05, 4.69) is 0 Å². The highest BCUT2D eigenvalue weighted by atomic mass is 35.5. The fraction of sp³-hybridized carbons (Fsp3) is 0.500. The van der Waals surface area contributed by atoms with Crippen molar-refractivity contribution in [3.8, 4) is 0 Å². The largest absolute Gasteiger partial charge is 0.343 e. The lowest BCUT2D eigenvalue weighted by Gasteiger charge is -2.28. The van der Waals surface area contributed by atoms with Crippen molar-refractivity contribution < 1.29 is 18.3 Å². The van der Waals surface area contributed by atoms with Crippen LogP contribution in [0.4, 0.5) is 8.78 Å². The average molecular weight is 263 g/mol. The molecule has 0 aromatic heterocycles. The van der Waals surface area contributed by atoms with Crippen LogP contribution in [0.2, 0.25) is 0 Å². The first-order chi connectivity index (χ1) is 8.18. The third kappa shape index (κ3) is 2.59. The van der Waals surface area contributed by atoms with Crippen LogP contribution in [-0.2, 0) is 15.3 Å². The lowest BCUT2D eigenvalue weighted by atomic mass is 10.00. The van der Waals surface area contributed by atoms with Crippen LogP contribution >= 0.6 is 11.6 Å². The van der Waals surface area contributed by atoms with Gasteiger partial charge in [-0.3, -0.25) is 0 Å². The van der Waals surface area contributed by atoms with Crippen molar-refractivity contribution in [1.82, 2.24) is 0 Å². The molecule has 1 fully saturated rings. The topological polar surface area (TPSA) is 18.5 Å². The number of alkyl halides is 1. The van der Waals surface area contributed by atoms with Crippen LogP contribution in [0.15, 0.2) is 18.2 Å². The summed E-state index contributed by atoms with van der Waals surface area (Å²) in [6, 6.07) is 3.27. The van der Waals surface area contributed by atoms with Gasteiger partial charge in [0.25, 0.3) is 0 Å². The van der Waals surface area contributed by atoms with Crippen molar-refractivity contribution in [3.05, 3.63) is 35.4 Å². The summed E-state index contributed by atoms with van der Waals surface area (Å²) in [7, 11) is 0. The van der Waals surface area contributed by atoms with Gasteiger partial charge in [0.05, 0.1) is 13.2 Å². The summed E-state index contributed by atoms with van der Waals surface area (Å²) in [5, 5.41) is 0. The Hall–Kier alpha value is -0.710. The maximum Gasteiger partial charge on any atom is 0.197 e. The van der Waals surface area contributed by atoms with Gasteiger partial charge in [-0.2, -0.15) is 0 Å². The van der Waals surface area contributed by atoms with Crippen LogP contribution < -0.4 is 0 Å². The van der Waals surface area contributed by atoms with E-state index in [9.17, 15) is 8.78 Å². The summed E-state index contributed by atoms with van der Waals surface area (Å²) in [5.41, 5.74) is 0.111. The van der Waals surface area contributed by atoms with Crippen LogP contribution in [0, 0.1) is 11.6 Å². The van der Waals surface area contributed by atoms with E-state index in [1.807, 2.05) is 0 Å². The molecular formula is C12H13ClF2O2. The van der Waals surface area contributed by atoms with E-state index in [-0.39, 0.29) is 5.56 Å². The summed E-state index contributed by atoms with van der Waals surface area (Å²) in [6.07, 6.45) is 1.02. The van der Waals surface area contributed by atoms with Gasteiger partial charge in [0.1, 0.15) is 11.6 Å². The lowest BCUT2D eigenvalue weighted by molar-refractivity contribution is -0.172. The van der Waals surface area contributed by atoms with Crippen LogP contribution in [0.1, 0.15) is 18.4 Å². The highest BCUT2D eigenvalue weighted by molar-refractivity contribution is 6.17. The molecule has 2 rings (SSSR count). The maximum atomic E-state index is 13.7. The fourth-order valence-corrected chi connectivity index (χ4v) is 2.11. The number of rotatable bonds is 4. The summed E-state index contributed by atoms with van der Waals surface area (Å²) in [5.74, 6) is -1.79. The zero-order valence-corrected chi connectivity index (χ0v) is 9.97. The first kappa shape index (κ1) is 12.7. The van der Waals surface area contributed by atoms with E-state index in [1.54, 1.807) is 0 Å². The van der Waals surface area contributed by atoms with Crippen molar-refractivity contribution in [3.63, 3.8) is 0 Å². The average Bonchev–Trinajstić information content (AvgIpc) is 2.79. The minimum Gasteiger partial charge on any atom is -0.343 e. The molecule has 0 spiro atoms. The Morgan fingerprint density at radius 1 is 1.24 bits per heavy atom. The number of halogens is 3. The van der Waals surface area contributed by atoms with Crippen molar-refractivity contribution in [2.75, 3.05) is 19.1 Å². The molecule has 0 amide bonds. The summed E-state index contributed by atoms with van der Waals surface area (Å²) >= 11 is 5.62. The Labute approximate surface area is 103 Å². The molecule has 1 saturated heterocycles. The predicted molar refractivity (Wildman–Crippen MR) is 59.9 cm³/mol. The molecule has 1 aliphatic rings. The Morgan fingerprint density at radius 3 is 2.59 bits per heavy atom. The molecule has 0 radical (unpaired) electrons. The molecule has 1 heterocycles. The van der Waals surface area contributed by atoms with Gasteiger partial charge in [-0.05, 0) is 24.6 Å². The normalized spacial score (nSPS) is 18.5. The van der Waals surface area contributed by atoms with Crippen molar-refractivity contribution in [1.29, 1.82) is 0 Å². The predicted octanol–water partition coefficient (Wildman–Crippen LogP) is 3.18. The Morgan fingerprint density at radius 2 is 1.94 bits per heavy atom. The second-order valence-corrected chi connectivity index (χ2v) is 4.24. The van der Waals surface area contributed by atoms with Crippen LogP contribution in [0.5, 0.6) is 0 Å². The third-order valence-electron chi connectivity index (χ3n) is 2.73. The van der Waals surface area contributed by atoms with Gasteiger partial charge < -0.3 is 9.47 Å². The molecule has 2 nitrogen and oxygen atoms in total. The molecule has 0 bridgehead atoms. The molecule has 1 aromatic carbocycles. The molecule has 0 saturated carbocycles. The second kappa shape index (κ2) is 5.29. The first-order valence-electron chi connectivity index (χ1n) is 5.47. The Balaban J connectivity index is 2.34. The van der Waals surface area contributed by atoms with E-state index >= 15 is 0 Å². The molecule has 17 heavy (non-hydrogen) atoms. The Kier molecular flexibility index (Phi) is 3.97. The van der Waals surface area contributed by atoms with Gasteiger partial charge in [-0.1, -0.05) is 0 Å². The minimum absolute atomic E-state index is 0.111. The number of benzene rings is 1. The van der Waals surface area contributed by atoms with Gasteiger partial charge in [-0.25, -0.2) is 8.78 Å². The molecule has 0 atom stereocenters. The monoisotopic (exact) mass is 262 g/mol. The van der Waals surface area contributed by atoms with E-state index in [1.165, 1.54) is 0 Å². The molecule has 94 valence electrons. The molecule has 0 N–H and O–H groups in total. The van der Waals surface area contributed by atoms with Crippen LogP contribution in [0.25, 0.3) is 0 Å². The molecule has 1 aromatic rings. The van der Waals surface area contributed by atoms with Crippen LogP contribution in [-0.4, -0.2) is 19.1 Å². The summed E-state index contributed by atoms with van der Waals surface area (Å²) in [6.45, 7) is 0.747. The third-order valence-corrected chi connectivity index (χ3v) is 3.00. The van der Waals surface area contributed by atoms with E-state index < -0.39 is 17.4 Å². The van der Waals surface area contributed by atoms with Gasteiger partial charge in [0.15, 0.2) is 5.79 Å². The highest BCUT2D eigenvalue weighted by Crippen LogP contribution is 2.37. The number of hydrogen-bond acceptors (Lipinski definition) is 2. The highest BCUT2D eigenvalue weighted by Gasteiger charge is 2.40. The van der Waals surface area contributed by atoms with Gasteiger partial charge in [-0.15, -0.1) is 11.6 Å². The molecule has 0 unspecified atom stereocenters. The lowest BCUT2D eigenvalue weighted by Crippen LogP contribution is -2.28. The van der Waals surface area contributed by atoms with E-state index in [0.717, 1.165) is 18.2 Å². The molecule has 5 heteroatoms. The standard InChI is InChI=1S/C12H13ClF2O2/c13-5-1-4-12(16-6-7-17-12)10-8-9(14)2-3-11(10)15/h2-3,8H,1,4-7H2. The van der Waals surface area contributed by atoms with E-state index in [0.29, 0.717) is 31.9 Å². The number of ether oxygens (including phenoxy) is 2. The Bertz CT molecular complexity index is 392. The summed E-state index contributed by atoms with van der Waals surface area (Å²) in [4.78, 5) is 0. The van der Waals surface area contributed by atoms with Crippen molar-refractivity contribution in [2.45, 2.75) is 18.6 Å². The fourth-order valence-electron chi connectivity index (χ4n) is 1.98. The zero-order chi connectivity index (χ0) is 12.3.